The summed E-state index contributed by atoms with van der Waals surface area (Å²) in [7, 11) is 2.16. The van der Waals surface area contributed by atoms with Gasteiger partial charge in [-0.3, -0.25) is 24.5 Å². The zero-order valence-electron chi connectivity index (χ0n) is 32.4. The quantitative estimate of drug-likeness (QED) is 0.176. The number of piperazine rings is 1. The Morgan fingerprint density at radius 2 is 1.55 bits per heavy atom. The molecule has 11 nitrogen and oxygen atoms in total. The molecule has 0 aliphatic carbocycles. The molecular weight excluding hydrogens is 750 g/mol. The topological polar surface area (TPSA) is 99.2 Å². The first-order valence-corrected chi connectivity index (χ1v) is 19.5. The Bertz CT molecular complexity index is 2670. The van der Waals surface area contributed by atoms with Gasteiger partial charge in [-0.25, -0.2) is 0 Å². The number of aryl methyl sites for hydroxylation is 1. The van der Waals surface area contributed by atoms with Crippen LogP contribution in [0, 0.1) is 6.92 Å². The molecular formula is C46H44ClN7O4. The number of benzene rings is 5. The number of aromatic amines is 1. The fraction of sp³-hybridized carbons (Fsp3) is 0.239. The van der Waals surface area contributed by atoms with E-state index in [1.54, 1.807) is 11.1 Å². The first kappa shape index (κ1) is 37.4. The summed E-state index contributed by atoms with van der Waals surface area (Å²) in [5, 5.41) is 8.88. The van der Waals surface area contributed by atoms with Gasteiger partial charge in [0.2, 0.25) is 6.79 Å². The summed E-state index contributed by atoms with van der Waals surface area (Å²) in [6.07, 6.45) is 4.40. The van der Waals surface area contributed by atoms with Crippen LogP contribution < -0.4 is 14.4 Å². The van der Waals surface area contributed by atoms with Gasteiger partial charge in [0, 0.05) is 74.0 Å². The van der Waals surface area contributed by atoms with Gasteiger partial charge in [0.25, 0.3) is 11.8 Å². The van der Waals surface area contributed by atoms with Crippen LogP contribution in [-0.4, -0.2) is 93.9 Å². The van der Waals surface area contributed by atoms with E-state index in [4.69, 9.17) is 9.47 Å². The Kier molecular flexibility index (Phi) is 9.89. The largest absolute Gasteiger partial charge is 0.454 e. The van der Waals surface area contributed by atoms with Gasteiger partial charge < -0.3 is 23.8 Å². The van der Waals surface area contributed by atoms with Crippen LogP contribution >= 0.6 is 12.4 Å². The number of H-pyrrole nitrogens is 1. The lowest BCUT2D eigenvalue weighted by molar-refractivity contribution is 0.0535. The molecule has 10 rings (SSSR count). The Morgan fingerprint density at radius 3 is 2.36 bits per heavy atom. The van der Waals surface area contributed by atoms with E-state index in [0.29, 0.717) is 40.5 Å². The van der Waals surface area contributed by atoms with Gasteiger partial charge in [-0.15, -0.1) is 12.4 Å². The van der Waals surface area contributed by atoms with Crippen LogP contribution in [0.15, 0.2) is 116 Å². The molecule has 0 unspecified atom stereocenters. The third-order valence-corrected chi connectivity index (χ3v) is 11.8. The number of ether oxygens (including phenoxy) is 2. The summed E-state index contributed by atoms with van der Waals surface area (Å²) < 4.78 is 13.8. The molecule has 3 aliphatic heterocycles. The fourth-order valence-corrected chi connectivity index (χ4v) is 8.59. The van der Waals surface area contributed by atoms with Crippen molar-refractivity contribution in [2.45, 2.75) is 25.9 Å². The maximum absolute atomic E-state index is 15.3. The number of aromatic nitrogens is 3. The maximum atomic E-state index is 15.3. The molecule has 0 radical (unpaired) electrons. The lowest BCUT2D eigenvalue weighted by atomic mass is 9.92. The van der Waals surface area contributed by atoms with Crippen molar-refractivity contribution >= 4 is 57.4 Å². The number of amides is 2. The molecule has 1 N–H and O–H groups in total. The van der Waals surface area contributed by atoms with Gasteiger partial charge >= 0.3 is 0 Å². The number of nitrogens with one attached hydrogen (secondary N) is 1. The average molecular weight is 794 g/mol. The fourth-order valence-electron chi connectivity index (χ4n) is 8.59. The summed E-state index contributed by atoms with van der Waals surface area (Å²) in [6, 6.07) is 33.8. The van der Waals surface area contributed by atoms with Crippen molar-refractivity contribution in [2.75, 3.05) is 51.5 Å². The van der Waals surface area contributed by atoms with Crippen molar-refractivity contribution in [2.24, 2.45) is 0 Å². The van der Waals surface area contributed by atoms with Crippen molar-refractivity contribution in [1.82, 2.24) is 29.5 Å². The van der Waals surface area contributed by atoms with Crippen LogP contribution in [0.1, 0.15) is 37.4 Å². The highest BCUT2D eigenvalue weighted by atomic mass is 35.5. The highest BCUT2D eigenvalue weighted by Crippen LogP contribution is 2.40. The summed E-state index contributed by atoms with van der Waals surface area (Å²) in [5.74, 6) is 0.797. The highest BCUT2D eigenvalue weighted by Gasteiger charge is 2.35. The summed E-state index contributed by atoms with van der Waals surface area (Å²) >= 11 is 0. The van der Waals surface area contributed by atoms with Crippen LogP contribution in [0.2, 0.25) is 0 Å². The molecule has 1 atom stereocenters. The minimum absolute atomic E-state index is 0. The summed E-state index contributed by atoms with van der Waals surface area (Å²) in [4.78, 5) is 39.1. The molecule has 5 heterocycles. The number of rotatable bonds is 7. The first-order valence-electron chi connectivity index (χ1n) is 19.5. The Hall–Kier alpha value is -6.14. The van der Waals surface area contributed by atoms with E-state index in [2.05, 4.69) is 45.2 Å². The van der Waals surface area contributed by atoms with Gasteiger partial charge in [0.1, 0.15) is 0 Å². The lowest BCUT2D eigenvalue weighted by Crippen LogP contribution is -2.53. The van der Waals surface area contributed by atoms with Crippen molar-refractivity contribution in [3.05, 3.63) is 143 Å². The number of carbonyl (C=O) groups is 2. The van der Waals surface area contributed by atoms with Crippen LogP contribution in [-0.2, 0) is 13.0 Å². The lowest BCUT2D eigenvalue weighted by Gasteiger charge is -2.41. The van der Waals surface area contributed by atoms with E-state index >= 15 is 9.59 Å². The molecule has 58 heavy (non-hydrogen) atoms. The standard InChI is InChI=1S/C46H43N7O4.ClH/c1-30-11-13-34(14-12-30)53(35-15-16-40-33(22-35)25-47-48-40)46(55)39-28-52(41-10-6-5-9-37(39)41)42-24-44-43(56-29-57-44)23-38(42)45(54)51-26-32-8-4-3-7-31(32)21-36(51)27-50-19-17-49(2)18-20-50;/h3-16,22-25,28,36H,17-21,26-27,29H2,1-2H3,(H,47,48);1H/t36-;/m0./s1. The normalized spacial score (nSPS) is 16.7. The minimum atomic E-state index is -0.204. The number of para-hydroxylation sites is 1. The van der Waals surface area contributed by atoms with Crippen LogP contribution in [0.3, 0.4) is 0 Å². The molecule has 1 fully saturated rings. The predicted molar refractivity (Wildman–Crippen MR) is 228 cm³/mol. The van der Waals surface area contributed by atoms with E-state index in [1.165, 1.54) is 5.56 Å². The number of fused-ring (bicyclic) bond motifs is 4. The Balaban J connectivity index is 0.00000436. The Labute approximate surface area is 342 Å². The number of hydrogen-bond acceptors (Lipinski definition) is 7. The van der Waals surface area contributed by atoms with Gasteiger partial charge in [-0.05, 0) is 74.0 Å². The zero-order valence-corrected chi connectivity index (χ0v) is 33.2. The Morgan fingerprint density at radius 1 is 0.828 bits per heavy atom. The number of hydrogen-bond donors (Lipinski definition) is 1. The van der Waals surface area contributed by atoms with Crippen LogP contribution in [0.25, 0.3) is 27.5 Å². The monoisotopic (exact) mass is 793 g/mol. The van der Waals surface area contributed by atoms with Gasteiger partial charge in [-0.2, -0.15) is 5.10 Å². The maximum Gasteiger partial charge on any atom is 0.265 e. The number of likely N-dealkylation sites (N-methyl/N-ethyl adjacent to an activating group) is 1. The third kappa shape index (κ3) is 6.74. The second-order valence-corrected chi connectivity index (χ2v) is 15.4. The second kappa shape index (κ2) is 15.3. The minimum Gasteiger partial charge on any atom is -0.454 e. The zero-order chi connectivity index (χ0) is 38.6. The van der Waals surface area contributed by atoms with Crippen molar-refractivity contribution in [3.8, 4) is 17.2 Å². The molecule has 0 bridgehead atoms. The molecule has 5 aromatic carbocycles. The summed E-state index contributed by atoms with van der Waals surface area (Å²) in [6.45, 7) is 7.33. The first-order chi connectivity index (χ1) is 27.9. The van der Waals surface area contributed by atoms with Gasteiger partial charge in [0.15, 0.2) is 11.5 Å². The van der Waals surface area contributed by atoms with Crippen molar-refractivity contribution in [1.29, 1.82) is 0 Å². The van der Waals surface area contributed by atoms with E-state index in [0.717, 1.165) is 77.8 Å². The number of nitrogens with zero attached hydrogens (tertiary/aromatic N) is 6. The summed E-state index contributed by atoms with van der Waals surface area (Å²) in [5.41, 5.74) is 8.27. The number of anilines is 2. The molecule has 3 aliphatic rings. The van der Waals surface area contributed by atoms with Crippen LogP contribution in [0.5, 0.6) is 11.5 Å². The van der Waals surface area contributed by atoms with Gasteiger partial charge in [0.05, 0.1) is 39.7 Å². The average Bonchev–Trinajstić information content (AvgIpc) is 4.00. The number of carbonyl (C=O) groups excluding carboxylic acids is 2. The second-order valence-electron chi connectivity index (χ2n) is 15.4. The molecule has 1 saturated heterocycles. The smallest absolute Gasteiger partial charge is 0.265 e. The third-order valence-electron chi connectivity index (χ3n) is 11.8. The molecule has 0 saturated carbocycles. The molecule has 294 valence electrons. The van der Waals surface area contributed by atoms with E-state index in [9.17, 15) is 0 Å². The SMILES string of the molecule is Cc1ccc(N(C(=O)c2cn(-c3cc4c(cc3C(=O)N3Cc5ccccc5C[C@H]3CN3CCN(C)CC3)OCO4)c3ccccc23)c2ccc3[nH]ncc3c2)cc1.Cl. The molecule has 2 amide bonds. The van der Waals surface area contributed by atoms with Crippen LogP contribution in [0.4, 0.5) is 11.4 Å². The van der Waals surface area contributed by atoms with Gasteiger partial charge in [-0.1, -0.05) is 60.2 Å². The highest BCUT2D eigenvalue weighted by molar-refractivity contribution is 6.18. The number of halogens is 1. The molecule has 7 aromatic rings. The van der Waals surface area contributed by atoms with E-state index in [1.807, 2.05) is 108 Å². The predicted octanol–water partition coefficient (Wildman–Crippen LogP) is 7.76. The molecule has 2 aromatic heterocycles. The van der Waals surface area contributed by atoms with Crippen molar-refractivity contribution in [3.63, 3.8) is 0 Å². The molecule has 0 spiro atoms. The van der Waals surface area contributed by atoms with Crippen molar-refractivity contribution < 1.29 is 19.1 Å². The van der Waals surface area contributed by atoms with E-state index in [-0.39, 0.29) is 37.1 Å². The molecule has 12 heteroatoms. The van der Waals surface area contributed by atoms with E-state index < -0.39 is 0 Å².